The summed E-state index contributed by atoms with van der Waals surface area (Å²) in [6.07, 6.45) is 3.86. The van der Waals surface area contributed by atoms with Crippen molar-refractivity contribution in [1.29, 1.82) is 0 Å². The van der Waals surface area contributed by atoms with Crippen LogP contribution in [0.2, 0.25) is 0 Å². The van der Waals surface area contributed by atoms with E-state index in [9.17, 15) is 14.0 Å². The van der Waals surface area contributed by atoms with Gasteiger partial charge in [0, 0.05) is 31.4 Å². The number of aromatic nitrogens is 2. The normalized spacial score (nSPS) is 12.6. The van der Waals surface area contributed by atoms with Crippen LogP contribution in [0.4, 0.5) is 4.39 Å². The van der Waals surface area contributed by atoms with Crippen molar-refractivity contribution < 1.29 is 14.0 Å². The number of imidazole rings is 1. The van der Waals surface area contributed by atoms with E-state index in [2.05, 4.69) is 4.98 Å². The summed E-state index contributed by atoms with van der Waals surface area (Å²) in [6.45, 7) is 4.76. The smallest absolute Gasteiger partial charge is 0.261 e. The summed E-state index contributed by atoms with van der Waals surface area (Å²) < 4.78 is 15.3. The molecular formula is C22H22FN3O2. The summed E-state index contributed by atoms with van der Waals surface area (Å²) >= 11 is 0. The molecule has 0 unspecified atom stereocenters. The van der Waals surface area contributed by atoms with E-state index in [4.69, 9.17) is 0 Å². The fraction of sp³-hybridized carbons (Fsp3) is 0.227. The van der Waals surface area contributed by atoms with Crippen LogP contribution in [0.25, 0.3) is 0 Å². The third kappa shape index (κ3) is 3.86. The average molecular weight is 379 g/mol. The molecule has 0 bridgehead atoms. The zero-order valence-electron chi connectivity index (χ0n) is 15.9. The minimum absolute atomic E-state index is 0.262. The van der Waals surface area contributed by atoms with Gasteiger partial charge in [-0.05, 0) is 29.8 Å². The number of rotatable bonds is 5. The molecule has 0 radical (unpaired) electrons. The Morgan fingerprint density at radius 3 is 2.29 bits per heavy atom. The molecule has 6 heteroatoms. The molecule has 0 aliphatic carbocycles. The van der Waals surface area contributed by atoms with Crippen LogP contribution in [-0.2, 0) is 13.0 Å². The van der Waals surface area contributed by atoms with Crippen LogP contribution in [0.15, 0.2) is 61.1 Å². The summed E-state index contributed by atoms with van der Waals surface area (Å²) in [6, 6.07) is 13.2. The highest BCUT2D eigenvalue weighted by Crippen LogP contribution is 2.22. The predicted molar refractivity (Wildman–Crippen MR) is 105 cm³/mol. The predicted octanol–water partition coefficient (Wildman–Crippen LogP) is 3.94. The fourth-order valence-electron chi connectivity index (χ4n) is 3.20. The molecule has 2 aromatic carbocycles. The third-order valence-corrected chi connectivity index (χ3v) is 4.51. The van der Waals surface area contributed by atoms with Gasteiger partial charge in [-0.3, -0.25) is 14.5 Å². The van der Waals surface area contributed by atoms with Crippen LogP contribution >= 0.6 is 0 Å². The maximum atomic E-state index is 13.4. The summed E-state index contributed by atoms with van der Waals surface area (Å²) in [7, 11) is 0. The topological polar surface area (TPSA) is 55.2 Å². The van der Waals surface area contributed by atoms with Crippen molar-refractivity contribution >= 4 is 11.8 Å². The van der Waals surface area contributed by atoms with E-state index in [1.165, 1.54) is 17.0 Å². The van der Waals surface area contributed by atoms with E-state index in [1.807, 2.05) is 24.5 Å². The van der Waals surface area contributed by atoms with E-state index in [0.29, 0.717) is 24.1 Å². The van der Waals surface area contributed by atoms with E-state index in [0.717, 1.165) is 11.3 Å². The molecule has 0 atom stereocenters. The first kappa shape index (κ1) is 19.5. The van der Waals surface area contributed by atoms with Gasteiger partial charge in [-0.2, -0.15) is 0 Å². The Morgan fingerprint density at radius 2 is 1.64 bits per heavy atom. The number of fused-ring (bicyclic) bond motifs is 1. The van der Waals surface area contributed by atoms with Gasteiger partial charge in [0.15, 0.2) is 0 Å². The molecule has 2 amide bonds. The molecule has 28 heavy (non-hydrogen) atoms. The first-order valence-electron chi connectivity index (χ1n) is 9.32. The number of hydrogen-bond donors (Lipinski definition) is 0. The first-order valence-corrected chi connectivity index (χ1v) is 9.32. The molecule has 0 N–H and O–H groups in total. The number of hydrogen-bond acceptors (Lipinski definition) is 3. The van der Waals surface area contributed by atoms with Crippen molar-refractivity contribution in [2.24, 2.45) is 0 Å². The molecular weight excluding hydrogens is 357 g/mol. The molecule has 0 saturated carbocycles. The van der Waals surface area contributed by atoms with Gasteiger partial charge in [0.05, 0.1) is 17.5 Å². The van der Waals surface area contributed by atoms with Gasteiger partial charge < -0.3 is 4.57 Å². The maximum Gasteiger partial charge on any atom is 0.261 e. The zero-order chi connectivity index (χ0) is 20.1. The number of benzene rings is 2. The minimum Gasteiger partial charge on any atom is -0.330 e. The van der Waals surface area contributed by atoms with Gasteiger partial charge in [-0.25, -0.2) is 9.37 Å². The molecule has 1 aromatic heterocycles. The van der Waals surface area contributed by atoms with Gasteiger partial charge >= 0.3 is 0 Å². The van der Waals surface area contributed by atoms with Crippen LogP contribution in [0.5, 0.6) is 0 Å². The number of nitrogens with zero attached hydrogens (tertiary/aromatic N) is 3. The molecule has 0 saturated heterocycles. The summed E-state index contributed by atoms with van der Waals surface area (Å²) in [5.74, 6) is -0.807. The van der Waals surface area contributed by atoms with E-state index in [1.54, 1.807) is 42.9 Å². The van der Waals surface area contributed by atoms with Gasteiger partial charge in [0.25, 0.3) is 11.8 Å². The molecule has 5 nitrogen and oxygen atoms in total. The summed E-state index contributed by atoms with van der Waals surface area (Å²) in [4.78, 5) is 30.3. The van der Waals surface area contributed by atoms with E-state index in [-0.39, 0.29) is 24.2 Å². The first-order chi connectivity index (χ1) is 13.6. The Morgan fingerprint density at radius 1 is 0.964 bits per heavy atom. The highest BCUT2D eigenvalue weighted by molar-refractivity contribution is 6.21. The summed E-state index contributed by atoms with van der Waals surface area (Å²) in [5, 5.41) is 0. The zero-order valence-corrected chi connectivity index (χ0v) is 15.9. The van der Waals surface area contributed by atoms with Crippen LogP contribution in [-0.4, -0.2) is 32.8 Å². The number of carbonyl (C=O) groups excluding carboxylic acids is 2. The molecule has 1 aliphatic heterocycles. The Labute approximate surface area is 163 Å². The van der Waals surface area contributed by atoms with Gasteiger partial charge in [-0.1, -0.05) is 38.1 Å². The fourth-order valence-corrected chi connectivity index (χ4v) is 3.20. The Hall–Kier alpha value is -3.28. The van der Waals surface area contributed by atoms with Crippen molar-refractivity contribution in [3.63, 3.8) is 0 Å². The largest absolute Gasteiger partial charge is 0.330 e. The van der Waals surface area contributed by atoms with Crippen molar-refractivity contribution in [2.45, 2.75) is 26.8 Å². The Kier molecular flexibility index (Phi) is 5.99. The van der Waals surface area contributed by atoms with Crippen LogP contribution in [0, 0.1) is 5.82 Å². The molecule has 2 heterocycles. The molecule has 1 aliphatic rings. The van der Waals surface area contributed by atoms with Crippen LogP contribution < -0.4 is 0 Å². The van der Waals surface area contributed by atoms with Gasteiger partial charge in [0.2, 0.25) is 0 Å². The second-order valence-electron chi connectivity index (χ2n) is 6.20. The molecule has 144 valence electrons. The van der Waals surface area contributed by atoms with E-state index >= 15 is 0 Å². The Bertz CT molecular complexity index is 962. The third-order valence-electron chi connectivity index (χ3n) is 4.51. The molecule has 0 spiro atoms. The van der Waals surface area contributed by atoms with Crippen molar-refractivity contribution in [3.8, 4) is 0 Å². The SMILES string of the molecule is CC.O=C1c2ccccc2C(=O)N1CCc1cncn1Cc1cccc(F)c1. The van der Waals surface area contributed by atoms with Crippen molar-refractivity contribution in [2.75, 3.05) is 6.54 Å². The van der Waals surface area contributed by atoms with Crippen molar-refractivity contribution in [3.05, 3.63) is 89.3 Å². The summed E-state index contributed by atoms with van der Waals surface area (Å²) in [5.41, 5.74) is 2.60. The standard InChI is InChI=1S/C20H16FN3O2.C2H6/c21-15-5-3-4-14(10-15)12-23-13-22-11-16(23)8-9-24-19(25)17-6-1-2-7-18(17)20(24)26;1-2/h1-7,10-11,13H,8-9,12H2;1-2H3. The number of imide groups is 1. The van der Waals surface area contributed by atoms with Gasteiger partial charge in [0.1, 0.15) is 5.82 Å². The lowest BCUT2D eigenvalue weighted by molar-refractivity contribution is 0.0655. The van der Waals surface area contributed by atoms with Crippen LogP contribution in [0.1, 0.15) is 45.8 Å². The van der Waals surface area contributed by atoms with E-state index < -0.39 is 0 Å². The molecule has 4 rings (SSSR count). The lowest BCUT2D eigenvalue weighted by Gasteiger charge is -2.14. The quantitative estimate of drug-likeness (QED) is 0.631. The monoisotopic (exact) mass is 379 g/mol. The second-order valence-corrected chi connectivity index (χ2v) is 6.20. The minimum atomic E-state index is -0.282. The number of halogens is 1. The number of amides is 2. The van der Waals surface area contributed by atoms with Gasteiger partial charge in [-0.15, -0.1) is 0 Å². The van der Waals surface area contributed by atoms with Crippen molar-refractivity contribution in [1.82, 2.24) is 14.5 Å². The lowest BCUT2D eigenvalue weighted by atomic mass is 10.1. The number of carbonyl (C=O) groups is 2. The second kappa shape index (κ2) is 8.61. The average Bonchev–Trinajstić information content (AvgIpc) is 3.25. The maximum absolute atomic E-state index is 13.4. The highest BCUT2D eigenvalue weighted by atomic mass is 19.1. The molecule has 3 aromatic rings. The highest BCUT2D eigenvalue weighted by Gasteiger charge is 2.34. The molecule has 0 fully saturated rings. The van der Waals surface area contributed by atoms with Crippen LogP contribution in [0.3, 0.4) is 0 Å². The Balaban J connectivity index is 0.00000109. The lowest BCUT2D eigenvalue weighted by Crippen LogP contribution is -2.32.